The number of aromatic nitrogens is 4. The third-order valence-corrected chi connectivity index (χ3v) is 4.70. The second kappa shape index (κ2) is 7.81. The molecule has 1 aromatic carbocycles. The third kappa shape index (κ3) is 3.74. The number of ether oxygens (including phenoxy) is 1. The Hall–Kier alpha value is -3.20. The summed E-state index contributed by atoms with van der Waals surface area (Å²) in [5.74, 6) is 0.355. The highest BCUT2D eigenvalue weighted by atomic mass is 16.5. The van der Waals surface area contributed by atoms with E-state index in [2.05, 4.69) is 15.4 Å². The molecule has 28 heavy (non-hydrogen) atoms. The largest absolute Gasteiger partial charge is 0.378 e. The number of morpholine rings is 1. The molecule has 1 aliphatic rings. The number of nitrogens with zero attached hydrogens (tertiary/aromatic N) is 5. The standard InChI is InChI=1S/C19H22N6O3/c1-14-2-4-15(5-3-14)12-21-16(26)13-25-19(27)24-7-6-20-17(18(24)22-25)23-8-10-28-11-9-23/h2-7H,8-13H2,1H3,(H,21,26). The molecule has 0 saturated carbocycles. The average Bonchev–Trinajstić information content (AvgIpc) is 3.04. The predicted octanol–water partition coefficient (Wildman–Crippen LogP) is 0.352. The molecule has 1 fully saturated rings. The Morgan fingerprint density at radius 1 is 1.21 bits per heavy atom. The zero-order chi connectivity index (χ0) is 19.5. The van der Waals surface area contributed by atoms with Gasteiger partial charge >= 0.3 is 5.69 Å². The highest BCUT2D eigenvalue weighted by Crippen LogP contribution is 2.16. The molecular weight excluding hydrogens is 360 g/mol. The van der Waals surface area contributed by atoms with Gasteiger partial charge in [-0.25, -0.2) is 18.9 Å². The zero-order valence-electron chi connectivity index (χ0n) is 15.7. The highest BCUT2D eigenvalue weighted by molar-refractivity contribution is 5.75. The molecule has 0 atom stereocenters. The Kier molecular flexibility index (Phi) is 5.07. The fourth-order valence-electron chi connectivity index (χ4n) is 3.14. The molecule has 0 radical (unpaired) electrons. The van der Waals surface area contributed by atoms with E-state index in [1.807, 2.05) is 36.1 Å². The molecule has 1 saturated heterocycles. The molecule has 9 heteroatoms. The topological polar surface area (TPSA) is 93.8 Å². The number of anilines is 1. The molecule has 146 valence electrons. The molecule has 2 aromatic heterocycles. The van der Waals surface area contributed by atoms with Crippen molar-refractivity contribution in [2.45, 2.75) is 20.0 Å². The molecule has 0 unspecified atom stereocenters. The summed E-state index contributed by atoms with van der Waals surface area (Å²) in [6.07, 6.45) is 3.14. The van der Waals surface area contributed by atoms with E-state index in [0.717, 1.165) is 11.1 Å². The lowest BCUT2D eigenvalue weighted by Gasteiger charge is -2.27. The summed E-state index contributed by atoms with van der Waals surface area (Å²) in [5, 5.41) is 7.18. The van der Waals surface area contributed by atoms with Crippen LogP contribution in [0.2, 0.25) is 0 Å². The van der Waals surface area contributed by atoms with Crippen LogP contribution in [0, 0.1) is 6.92 Å². The van der Waals surface area contributed by atoms with Crippen LogP contribution in [0.1, 0.15) is 11.1 Å². The summed E-state index contributed by atoms with van der Waals surface area (Å²) in [5.41, 5.74) is 2.24. The molecular formula is C19H22N6O3. The van der Waals surface area contributed by atoms with Gasteiger partial charge in [-0.15, -0.1) is 5.10 Å². The van der Waals surface area contributed by atoms with Gasteiger partial charge in [0.05, 0.1) is 13.2 Å². The summed E-state index contributed by atoms with van der Waals surface area (Å²) >= 11 is 0. The van der Waals surface area contributed by atoms with E-state index in [0.29, 0.717) is 44.3 Å². The van der Waals surface area contributed by atoms with Crippen molar-refractivity contribution in [2.75, 3.05) is 31.2 Å². The number of hydrogen-bond donors (Lipinski definition) is 1. The number of aryl methyl sites for hydroxylation is 1. The summed E-state index contributed by atoms with van der Waals surface area (Å²) in [6, 6.07) is 7.92. The van der Waals surface area contributed by atoms with Crippen molar-refractivity contribution in [1.82, 2.24) is 24.5 Å². The van der Waals surface area contributed by atoms with Crippen molar-refractivity contribution in [3.8, 4) is 0 Å². The van der Waals surface area contributed by atoms with Crippen LogP contribution in [0.3, 0.4) is 0 Å². The quantitative estimate of drug-likeness (QED) is 0.685. The summed E-state index contributed by atoms with van der Waals surface area (Å²) < 4.78 is 7.96. The summed E-state index contributed by atoms with van der Waals surface area (Å²) in [4.78, 5) is 31.3. The van der Waals surface area contributed by atoms with Crippen LogP contribution in [0.5, 0.6) is 0 Å². The number of hydrogen-bond acceptors (Lipinski definition) is 6. The van der Waals surface area contributed by atoms with Crippen LogP contribution in [0.25, 0.3) is 5.65 Å². The van der Waals surface area contributed by atoms with Crippen molar-refractivity contribution in [3.05, 3.63) is 58.3 Å². The first kappa shape index (κ1) is 18.2. The second-order valence-electron chi connectivity index (χ2n) is 6.75. The molecule has 9 nitrogen and oxygen atoms in total. The van der Waals surface area contributed by atoms with Crippen LogP contribution in [-0.4, -0.2) is 51.4 Å². The number of benzene rings is 1. The number of fused-ring (bicyclic) bond motifs is 1. The van der Waals surface area contributed by atoms with Gasteiger partial charge in [-0.3, -0.25) is 4.79 Å². The smallest absolute Gasteiger partial charge is 0.350 e. The SMILES string of the molecule is Cc1ccc(CNC(=O)Cn2nc3c(N4CCOCC4)nccn3c2=O)cc1. The number of carbonyl (C=O) groups excluding carboxylic acids is 1. The Bertz CT molecular complexity index is 1030. The molecule has 3 heterocycles. The molecule has 3 aromatic rings. The molecule has 1 amide bonds. The Morgan fingerprint density at radius 3 is 2.71 bits per heavy atom. The molecule has 4 rings (SSSR count). The van der Waals surface area contributed by atoms with Crippen molar-refractivity contribution in [3.63, 3.8) is 0 Å². The first-order chi connectivity index (χ1) is 13.6. The van der Waals surface area contributed by atoms with Gasteiger partial charge in [-0.1, -0.05) is 29.8 Å². The first-order valence-electron chi connectivity index (χ1n) is 9.21. The van der Waals surface area contributed by atoms with Gasteiger partial charge in [0.2, 0.25) is 11.6 Å². The molecule has 0 aliphatic carbocycles. The van der Waals surface area contributed by atoms with Crippen LogP contribution in [0.15, 0.2) is 41.5 Å². The van der Waals surface area contributed by atoms with Crippen molar-refractivity contribution in [1.29, 1.82) is 0 Å². The Labute approximate surface area is 161 Å². The van der Waals surface area contributed by atoms with Crippen LogP contribution in [-0.2, 0) is 22.6 Å². The lowest BCUT2D eigenvalue weighted by molar-refractivity contribution is -0.122. The molecule has 1 N–H and O–H groups in total. The fraction of sp³-hybridized carbons (Fsp3) is 0.368. The lowest BCUT2D eigenvalue weighted by Crippen LogP contribution is -2.37. The van der Waals surface area contributed by atoms with Gasteiger partial charge in [-0.2, -0.15) is 0 Å². The van der Waals surface area contributed by atoms with Gasteiger partial charge in [0.25, 0.3) is 0 Å². The van der Waals surface area contributed by atoms with Gasteiger partial charge < -0.3 is 15.0 Å². The minimum absolute atomic E-state index is 0.144. The molecule has 1 aliphatic heterocycles. The van der Waals surface area contributed by atoms with E-state index in [4.69, 9.17) is 4.74 Å². The summed E-state index contributed by atoms with van der Waals surface area (Å²) in [6.45, 7) is 4.86. The van der Waals surface area contributed by atoms with Crippen molar-refractivity contribution >= 4 is 17.4 Å². The normalized spacial score (nSPS) is 14.4. The van der Waals surface area contributed by atoms with E-state index in [-0.39, 0.29) is 18.1 Å². The van der Waals surface area contributed by atoms with Gasteiger partial charge in [0, 0.05) is 32.0 Å². The van der Waals surface area contributed by atoms with Crippen LogP contribution < -0.4 is 15.9 Å². The maximum absolute atomic E-state index is 12.6. The van der Waals surface area contributed by atoms with Gasteiger partial charge in [-0.05, 0) is 12.5 Å². The number of amides is 1. The van der Waals surface area contributed by atoms with E-state index >= 15 is 0 Å². The highest BCUT2D eigenvalue weighted by Gasteiger charge is 2.19. The molecule has 0 bridgehead atoms. The second-order valence-corrected chi connectivity index (χ2v) is 6.75. The van der Waals surface area contributed by atoms with Crippen molar-refractivity contribution in [2.24, 2.45) is 0 Å². The summed E-state index contributed by atoms with van der Waals surface area (Å²) in [7, 11) is 0. The average molecular weight is 382 g/mol. The third-order valence-electron chi connectivity index (χ3n) is 4.70. The van der Waals surface area contributed by atoms with Gasteiger partial charge in [0.1, 0.15) is 6.54 Å². The van der Waals surface area contributed by atoms with Crippen molar-refractivity contribution < 1.29 is 9.53 Å². The zero-order valence-corrected chi connectivity index (χ0v) is 15.7. The minimum Gasteiger partial charge on any atom is -0.378 e. The Balaban J connectivity index is 1.50. The number of carbonyl (C=O) groups is 1. The maximum Gasteiger partial charge on any atom is 0.350 e. The fourth-order valence-corrected chi connectivity index (χ4v) is 3.14. The monoisotopic (exact) mass is 382 g/mol. The van der Waals surface area contributed by atoms with E-state index in [1.54, 1.807) is 12.4 Å². The van der Waals surface area contributed by atoms with Crippen LogP contribution >= 0.6 is 0 Å². The Morgan fingerprint density at radius 2 is 1.96 bits per heavy atom. The maximum atomic E-state index is 12.6. The van der Waals surface area contributed by atoms with E-state index in [1.165, 1.54) is 9.08 Å². The predicted molar refractivity (Wildman–Crippen MR) is 103 cm³/mol. The van der Waals surface area contributed by atoms with Gasteiger partial charge in [0.15, 0.2) is 5.82 Å². The first-order valence-corrected chi connectivity index (χ1v) is 9.21. The minimum atomic E-state index is -0.364. The lowest BCUT2D eigenvalue weighted by atomic mass is 10.1. The van der Waals surface area contributed by atoms with E-state index < -0.39 is 0 Å². The molecule has 0 spiro atoms. The number of rotatable bonds is 5. The number of nitrogens with one attached hydrogen (secondary N) is 1. The van der Waals surface area contributed by atoms with Crippen LogP contribution in [0.4, 0.5) is 5.82 Å². The van der Waals surface area contributed by atoms with E-state index in [9.17, 15) is 9.59 Å².